The Balaban J connectivity index is 3.11. The van der Waals surface area contributed by atoms with Gasteiger partial charge in [-0.1, -0.05) is 0 Å². The summed E-state index contributed by atoms with van der Waals surface area (Å²) in [6, 6.07) is 0. The van der Waals surface area contributed by atoms with Gasteiger partial charge in [-0.15, -0.1) is 13.2 Å². The van der Waals surface area contributed by atoms with Crippen LogP contribution >= 0.6 is 0 Å². The Morgan fingerprint density at radius 2 is 1.48 bits per heavy atom. The summed E-state index contributed by atoms with van der Waals surface area (Å²) < 4.78 is 73.9. The van der Waals surface area contributed by atoms with Crippen molar-refractivity contribution in [3.05, 3.63) is 0 Å². The Bertz CT molecular complexity index is 509. The molecule has 0 unspecified atom stereocenters. The van der Waals surface area contributed by atoms with Gasteiger partial charge in [-0.3, -0.25) is 19.1 Å². The number of alkyl halides is 4. The van der Waals surface area contributed by atoms with Gasteiger partial charge in [-0.2, -0.15) is 0 Å². The molecular weight excluding hydrogens is 360 g/mol. The molecule has 0 saturated carbocycles. The highest BCUT2D eigenvalue weighted by molar-refractivity contribution is 5.67. The summed E-state index contributed by atoms with van der Waals surface area (Å²) in [5, 5.41) is 0. The van der Waals surface area contributed by atoms with Crippen molar-refractivity contribution in [2.24, 2.45) is 0 Å². The smallest absolute Gasteiger partial charge is 0.463 e. The number of halogens is 4. The van der Waals surface area contributed by atoms with Crippen LogP contribution in [0.4, 0.5) is 17.6 Å². The van der Waals surface area contributed by atoms with Crippen LogP contribution in [0.15, 0.2) is 0 Å². The van der Waals surface area contributed by atoms with Gasteiger partial charge in [0.2, 0.25) is 6.29 Å². The number of hydrogen-bond donors (Lipinski definition) is 0. The van der Waals surface area contributed by atoms with Crippen molar-refractivity contribution >= 4 is 17.9 Å². The third kappa shape index (κ3) is 6.82. The molecule has 144 valence electrons. The Labute approximate surface area is 139 Å². The van der Waals surface area contributed by atoms with Gasteiger partial charge < -0.3 is 18.9 Å². The predicted octanol–water partition coefficient (Wildman–Crippen LogP) is 1.01. The van der Waals surface area contributed by atoms with E-state index in [0.717, 1.165) is 20.8 Å². The number of hydrogen-bond acceptors (Lipinski definition) is 8. The summed E-state index contributed by atoms with van der Waals surface area (Å²) in [7, 11) is 0. The van der Waals surface area contributed by atoms with Crippen LogP contribution in [-0.4, -0.2) is 61.7 Å². The van der Waals surface area contributed by atoms with Gasteiger partial charge in [0, 0.05) is 20.8 Å². The first kappa shape index (κ1) is 21.1. The summed E-state index contributed by atoms with van der Waals surface area (Å²) in [5.74, 6) is -2.80. The molecule has 0 amide bonds. The Morgan fingerprint density at radius 1 is 0.960 bits per heavy atom. The van der Waals surface area contributed by atoms with Crippen molar-refractivity contribution in [3.8, 4) is 0 Å². The lowest BCUT2D eigenvalue weighted by molar-refractivity contribution is -0.410. The fourth-order valence-electron chi connectivity index (χ4n) is 2.09. The molecule has 1 aliphatic rings. The Morgan fingerprint density at radius 3 is 1.92 bits per heavy atom. The van der Waals surface area contributed by atoms with Crippen molar-refractivity contribution in [3.63, 3.8) is 0 Å². The fourth-order valence-corrected chi connectivity index (χ4v) is 2.09. The average Bonchev–Trinajstić information content (AvgIpc) is 2.42. The molecule has 0 N–H and O–H groups in total. The molecule has 0 radical (unpaired) electrons. The molecule has 1 saturated heterocycles. The van der Waals surface area contributed by atoms with E-state index >= 15 is 0 Å². The Hall–Kier alpha value is -1.95. The first-order chi connectivity index (χ1) is 11.4. The van der Waals surface area contributed by atoms with Crippen LogP contribution in [0.5, 0.6) is 0 Å². The van der Waals surface area contributed by atoms with Gasteiger partial charge in [-0.05, 0) is 0 Å². The monoisotopic (exact) mass is 376 g/mol. The minimum Gasteiger partial charge on any atom is -0.463 e. The second kappa shape index (κ2) is 8.43. The molecule has 1 fully saturated rings. The molecule has 25 heavy (non-hydrogen) atoms. The average molecular weight is 376 g/mol. The van der Waals surface area contributed by atoms with Crippen molar-refractivity contribution in [2.75, 3.05) is 6.61 Å². The van der Waals surface area contributed by atoms with Crippen molar-refractivity contribution < 1.29 is 55.6 Å². The van der Waals surface area contributed by atoms with Gasteiger partial charge in [0.05, 0.1) is 0 Å². The zero-order valence-electron chi connectivity index (χ0n) is 13.4. The zero-order chi connectivity index (χ0) is 19.4. The summed E-state index contributed by atoms with van der Waals surface area (Å²) in [6.45, 7) is 2.15. The maximum absolute atomic E-state index is 14.3. The van der Waals surface area contributed by atoms with E-state index in [9.17, 15) is 31.9 Å². The first-order valence-corrected chi connectivity index (χ1v) is 6.92. The second-order valence-corrected chi connectivity index (χ2v) is 5.00. The molecule has 0 aromatic heterocycles. The maximum Gasteiger partial charge on any atom is 0.524 e. The molecule has 0 bridgehead atoms. The summed E-state index contributed by atoms with van der Waals surface area (Å²) >= 11 is 0. The molecular formula is C13H16F4O8. The molecule has 0 aromatic carbocycles. The normalized spacial score (nSPS) is 29.6. The first-order valence-electron chi connectivity index (χ1n) is 6.92. The van der Waals surface area contributed by atoms with Crippen molar-refractivity contribution in [1.82, 2.24) is 0 Å². The van der Waals surface area contributed by atoms with Gasteiger partial charge >= 0.3 is 24.3 Å². The molecule has 5 atom stereocenters. The number of carbonyl (C=O) groups is 3. The minimum absolute atomic E-state index is 0.685. The van der Waals surface area contributed by atoms with E-state index in [2.05, 4.69) is 14.2 Å². The highest BCUT2D eigenvalue weighted by atomic mass is 19.4. The maximum atomic E-state index is 14.3. The van der Waals surface area contributed by atoms with Gasteiger partial charge in [0.1, 0.15) is 12.7 Å². The molecule has 0 aliphatic carbocycles. The van der Waals surface area contributed by atoms with Crippen LogP contribution < -0.4 is 0 Å². The quantitative estimate of drug-likeness (QED) is 0.399. The van der Waals surface area contributed by atoms with Crippen LogP contribution in [-0.2, 0) is 38.1 Å². The number of esters is 3. The topological polar surface area (TPSA) is 97.4 Å². The second-order valence-electron chi connectivity index (χ2n) is 5.00. The SMILES string of the molecule is CC(=O)OC[C@H]1O[C@H](OC(F)(F)F)[C@H](F)[C@@H](OC(C)=O)[C@@H]1OC(C)=O. The van der Waals surface area contributed by atoms with Crippen molar-refractivity contribution in [1.29, 1.82) is 0 Å². The highest BCUT2D eigenvalue weighted by Crippen LogP contribution is 2.32. The standard InChI is InChI=1S/C13H16F4O8/c1-5(18)21-4-8-10(22-6(2)19)11(23-7(3)20)9(14)12(24-8)25-13(15,16)17/h8-12H,4H2,1-3H3/t8-,9-,10-,11-,12-/m1/s1. The summed E-state index contributed by atoms with van der Waals surface area (Å²) in [4.78, 5) is 33.2. The lowest BCUT2D eigenvalue weighted by Gasteiger charge is -2.41. The Kier molecular flexibility index (Phi) is 7.11. The van der Waals surface area contributed by atoms with E-state index in [-0.39, 0.29) is 0 Å². The van der Waals surface area contributed by atoms with Crippen LogP contribution in [0.3, 0.4) is 0 Å². The lowest BCUT2D eigenvalue weighted by atomic mass is 9.99. The van der Waals surface area contributed by atoms with E-state index in [4.69, 9.17) is 9.47 Å². The summed E-state index contributed by atoms with van der Waals surface area (Å²) in [6.07, 6.45) is -15.6. The third-order valence-electron chi connectivity index (χ3n) is 2.88. The molecule has 1 aliphatic heterocycles. The number of carbonyl (C=O) groups excluding carboxylic acids is 3. The minimum atomic E-state index is -5.25. The van der Waals surface area contributed by atoms with Crippen molar-refractivity contribution in [2.45, 2.75) is 57.9 Å². The van der Waals surface area contributed by atoms with Gasteiger partial charge in [-0.25, -0.2) is 4.39 Å². The van der Waals surface area contributed by atoms with Crippen LogP contribution in [0, 0.1) is 0 Å². The fraction of sp³-hybridized carbons (Fsp3) is 0.769. The highest BCUT2D eigenvalue weighted by Gasteiger charge is 2.54. The molecule has 0 spiro atoms. The third-order valence-corrected chi connectivity index (χ3v) is 2.88. The molecule has 1 rings (SSSR count). The zero-order valence-corrected chi connectivity index (χ0v) is 13.4. The lowest BCUT2D eigenvalue weighted by Crippen LogP contribution is -2.61. The van der Waals surface area contributed by atoms with Gasteiger partial charge in [0.25, 0.3) is 0 Å². The van der Waals surface area contributed by atoms with Crippen LogP contribution in [0.2, 0.25) is 0 Å². The molecule has 8 nitrogen and oxygen atoms in total. The van der Waals surface area contributed by atoms with Crippen LogP contribution in [0.1, 0.15) is 20.8 Å². The largest absolute Gasteiger partial charge is 0.524 e. The van der Waals surface area contributed by atoms with E-state index in [1.54, 1.807) is 0 Å². The van der Waals surface area contributed by atoms with E-state index in [0.29, 0.717) is 0 Å². The number of ether oxygens (including phenoxy) is 5. The number of rotatable bonds is 5. The molecule has 0 aromatic rings. The summed E-state index contributed by atoms with van der Waals surface area (Å²) in [5.41, 5.74) is 0. The van der Waals surface area contributed by atoms with Crippen LogP contribution in [0.25, 0.3) is 0 Å². The van der Waals surface area contributed by atoms with E-state index in [1.807, 2.05) is 0 Å². The molecule has 1 heterocycles. The van der Waals surface area contributed by atoms with E-state index in [1.165, 1.54) is 0 Å². The van der Waals surface area contributed by atoms with Gasteiger partial charge in [0.15, 0.2) is 18.4 Å². The molecule has 12 heteroatoms. The predicted molar refractivity (Wildman–Crippen MR) is 68.4 cm³/mol. The van der Waals surface area contributed by atoms with E-state index < -0.39 is 61.7 Å².